The van der Waals surface area contributed by atoms with Crippen LogP contribution in [0.1, 0.15) is 0 Å². The van der Waals surface area contributed by atoms with E-state index in [0.717, 1.165) is 50.1 Å². The Morgan fingerprint density at radius 2 is 0.450 bits per heavy atom. The van der Waals surface area contributed by atoms with E-state index >= 15 is 0 Å². The molecule has 60 heavy (non-hydrogen) atoms. The van der Waals surface area contributed by atoms with Crippen molar-refractivity contribution in [3.8, 4) is 78.7 Å². The molecule has 0 radical (unpaired) electrons. The number of aromatic nitrogens is 3. The Morgan fingerprint density at radius 1 is 0.167 bits per heavy atom. The van der Waals surface area contributed by atoms with E-state index in [9.17, 15) is 0 Å². The lowest BCUT2D eigenvalue weighted by molar-refractivity contribution is 1.07. The fraction of sp³-hybridized carbons (Fsp3) is 0. The second-order valence-corrected chi connectivity index (χ2v) is 15.2. The molecule has 0 bridgehead atoms. The van der Waals surface area contributed by atoms with Crippen LogP contribution in [0, 0.1) is 0 Å². The molecule has 0 N–H and O–H groups in total. The number of rotatable bonds is 7. The third-order valence-electron chi connectivity index (χ3n) is 11.5. The van der Waals surface area contributed by atoms with E-state index in [1.807, 2.05) is 12.1 Å². The lowest BCUT2D eigenvalue weighted by Gasteiger charge is -2.14. The van der Waals surface area contributed by atoms with E-state index < -0.39 is 0 Å². The third kappa shape index (κ3) is 6.58. The molecule has 11 rings (SSSR count). The first-order valence-corrected chi connectivity index (χ1v) is 20.3. The van der Waals surface area contributed by atoms with Gasteiger partial charge in [0.15, 0.2) is 17.5 Å². The molecule has 0 aliphatic carbocycles. The molecule has 10 aromatic carbocycles. The second kappa shape index (κ2) is 15.1. The van der Waals surface area contributed by atoms with Crippen molar-refractivity contribution in [3.05, 3.63) is 224 Å². The largest absolute Gasteiger partial charge is 0.208 e. The maximum atomic E-state index is 5.24. The van der Waals surface area contributed by atoms with Crippen molar-refractivity contribution < 1.29 is 0 Å². The molecule has 0 unspecified atom stereocenters. The second-order valence-electron chi connectivity index (χ2n) is 15.2. The van der Waals surface area contributed by atoms with Gasteiger partial charge in [0.25, 0.3) is 0 Å². The highest BCUT2D eigenvalue weighted by molar-refractivity contribution is 6.25. The molecule has 0 spiro atoms. The normalized spacial score (nSPS) is 11.3. The van der Waals surface area contributed by atoms with Crippen molar-refractivity contribution in [3.63, 3.8) is 0 Å². The molecule has 0 fully saturated rings. The van der Waals surface area contributed by atoms with Gasteiger partial charge in [0.05, 0.1) is 0 Å². The molecule has 1 heterocycles. The summed E-state index contributed by atoms with van der Waals surface area (Å²) in [6, 6.07) is 79.5. The van der Waals surface area contributed by atoms with E-state index in [2.05, 4.69) is 212 Å². The molecular weight excluding hydrogens is 727 g/mol. The molecule has 11 aromatic rings. The van der Waals surface area contributed by atoms with Crippen molar-refractivity contribution in [2.75, 3.05) is 0 Å². The molecule has 0 aliphatic heterocycles. The minimum Gasteiger partial charge on any atom is -0.208 e. The summed E-state index contributed by atoms with van der Waals surface area (Å²) in [6.07, 6.45) is 0. The topological polar surface area (TPSA) is 38.7 Å². The highest BCUT2D eigenvalue weighted by atomic mass is 15.0. The van der Waals surface area contributed by atoms with Crippen LogP contribution in [0.15, 0.2) is 224 Å². The molecule has 0 atom stereocenters. The van der Waals surface area contributed by atoms with Gasteiger partial charge in [-0.25, -0.2) is 15.0 Å². The number of nitrogens with zero attached hydrogens (tertiary/aromatic N) is 3. The van der Waals surface area contributed by atoms with Crippen molar-refractivity contribution in [1.29, 1.82) is 0 Å². The maximum absolute atomic E-state index is 5.24. The summed E-state index contributed by atoms with van der Waals surface area (Å²) in [7, 11) is 0. The first-order valence-electron chi connectivity index (χ1n) is 20.3. The van der Waals surface area contributed by atoms with E-state index in [1.54, 1.807) is 0 Å². The summed E-state index contributed by atoms with van der Waals surface area (Å²) in [5.74, 6) is 1.86. The average molecular weight is 764 g/mol. The summed E-state index contributed by atoms with van der Waals surface area (Å²) >= 11 is 0. The zero-order chi connectivity index (χ0) is 39.8. The van der Waals surface area contributed by atoms with Gasteiger partial charge >= 0.3 is 0 Å². The quantitative estimate of drug-likeness (QED) is 0.152. The Balaban J connectivity index is 1.09. The molecule has 0 saturated heterocycles. The lowest BCUT2D eigenvalue weighted by atomic mass is 9.90. The molecule has 0 amide bonds. The van der Waals surface area contributed by atoms with Crippen LogP contribution in [0.25, 0.3) is 111 Å². The Bertz CT molecular complexity index is 3190. The zero-order valence-electron chi connectivity index (χ0n) is 32.7. The van der Waals surface area contributed by atoms with E-state index in [1.165, 1.54) is 43.4 Å². The van der Waals surface area contributed by atoms with Gasteiger partial charge in [0.2, 0.25) is 0 Å². The van der Waals surface area contributed by atoms with Crippen molar-refractivity contribution in [1.82, 2.24) is 15.0 Å². The summed E-state index contributed by atoms with van der Waals surface area (Å²) in [5.41, 5.74) is 11.8. The van der Waals surface area contributed by atoms with Crippen LogP contribution in [0.2, 0.25) is 0 Å². The minimum absolute atomic E-state index is 0.616. The van der Waals surface area contributed by atoms with Crippen LogP contribution in [0.5, 0.6) is 0 Å². The fourth-order valence-electron chi connectivity index (χ4n) is 8.46. The summed E-state index contributed by atoms with van der Waals surface area (Å²) in [5, 5.41) is 7.51. The summed E-state index contributed by atoms with van der Waals surface area (Å²) in [4.78, 5) is 15.6. The van der Waals surface area contributed by atoms with Gasteiger partial charge in [-0.1, -0.05) is 200 Å². The van der Waals surface area contributed by atoms with Crippen LogP contribution in [-0.4, -0.2) is 15.0 Å². The van der Waals surface area contributed by atoms with Crippen LogP contribution in [0.3, 0.4) is 0 Å². The highest BCUT2D eigenvalue weighted by Gasteiger charge is 2.17. The lowest BCUT2D eigenvalue weighted by Crippen LogP contribution is -2.00. The summed E-state index contributed by atoms with van der Waals surface area (Å²) in [6.45, 7) is 0. The van der Waals surface area contributed by atoms with Crippen LogP contribution in [0.4, 0.5) is 0 Å². The van der Waals surface area contributed by atoms with E-state index in [0.29, 0.717) is 17.5 Å². The fourth-order valence-corrected chi connectivity index (χ4v) is 8.46. The SMILES string of the molecule is c1ccc(-c2ccc(-c3nc(-c4ccc(-c5ccccc5)cc4)nc(-c4cc(-c5ccccc5)cc(-c5ccc6c7ccccc7c7ccccc7c6c5)c4)n3)cc2)cc1. The Morgan fingerprint density at radius 3 is 0.900 bits per heavy atom. The third-order valence-corrected chi connectivity index (χ3v) is 11.5. The van der Waals surface area contributed by atoms with Gasteiger partial charge < -0.3 is 0 Å². The molecule has 1 aromatic heterocycles. The first-order chi connectivity index (χ1) is 29.7. The number of hydrogen-bond acceptors (Lipinski definition) is 3. The average Bonchev–Trinajstić information content (AvgIpc) is 3.34. The van der Waals surface area contributed by atoms with Gasteiger partial charge in [-0.3, -0.25) is 0 Å². The minimum atomic E-state index is 0.616. The van der Waals surface area contributed by atoms with E-state index in [-0.39, 0.29) is 0 Å². The standard InChI is InChI=1S/C57H37N3/c1-4-14-38(15-5-1)41-24-28-43(29-25-41)55-58-56(44-30-26-42(27-31-44)39-16-6-2-7-17-39)60-57(59-55)48-35-46(40-18-8-3-9-19-40)34-47(36-48)45-32-33-53-51-22-11-10-20-49(51)50-21-12-13-23-52(50)54(53)37-45/h1-37H. The van der Waals surface area contributed by atoms with Crippen LogP contribution >= 0.6 is 0 Å². The molecule has 0 aliphatic rings. The monoisotopic (exact) mass is 763 g/mol. The highest BCUT2D eigenvalue weighted by Crippen LogP contribution is 2.39. The van der Waals surface area contributed by atoms with Crippen molar-refractivity contribution >= 4 is 32.3 Å². The number of benzene rings is 10. The Labute approximate surface area is 349 Å². The van der Waals surface area contributed by atoms with Gasteiger partial charge in [-0.05, 0) is 101 Å². The summed E-state index contributed by atoms with van der Waals surface area (Å²) < 4.78 is 0. The van der Waals surface area contributed by atoms with Gasteiger partial charge in [0, 0.05) is 16.7 Å². The zero-order valence-corrected chi connectivity index (χ0v) is 32.7. The number of fused-ring (bicyclic) bond motifs is 6. The molecular formula is C57H37N3. The molecule has 3 heteroatoms. The van der Waals surface area contributed by atoms with Crippen molar-refractivity contribution in [2.24, 2.45) is 0 Å². The molecule has 3 nitrogen and oxygen atoms in total. The maximum Gasteiger partial charge on any atom is 0.164 e. The smallest absolute Gasteiger partial charge is 0.164 e. The first kappa shape index (κ1) is 35.2. The molecule has 280 valence electrons. The van der Waals surface area contributed by atoms with Crippen LogP contribution < -0.4 is 0 Å². The predicted octanol–water partition coefficient (Wildman–Crippen LogP) is 15.0. The predicted molar refractivity (Wildman–Crippen MR) is 250 cm³/mol. The Kier molecular flexibility index (Phi) is 8.83. The number of hydrogen-bond donors (Lipinski definition) is 0. The van der Waals surface area contributed by atoms with Crippen LogP contribution in [-0.2, 0) is 0 Å². The Hall–Kier alpha value is -8.01. The van der Waals surface area contributed by atoms with Gasteiger partial charge in [0.1, 0.15) is 0 Å². The van der Waals surface area contributed by atoms with Crippen molar-refractivity contribution in [2.45, 2.75) is 0 Å². The van der Waals surface area contributed by atoms with Gasteiger partial charge in [-0.15, -0.1) is 0 Å². The molecule has 0 saturated carbocycles. The van der Waals surface area contributed by atoms with Gasteiger partial charge in [-0.2, -0.15) is 0 Å². The van der Waals surface area contributed by atoms with E-state index in [4.69, 9.17) is 15.0 Å².